The van der Waals surface area contributed by atoms with Crippen molar-refractivity contribution in [1.29, 1.82) is 0 Å². The third-order valence-corrected chi connectivity index (χ3v) is 8.42. The van der Waals surface area contributed by atoms with Gasteiger partial charge in [0.25, 0.3) is 0 Å². The Morgan fingerprint density at radius 1 is 1.10 bits per heavy atom. The highest BCUT2D eigenvalue weighted by atomic mass is 35.5. The molecule has 0 saturated carbocycles. The van der Waals surface area contributed by atoms with Gasteiger partial charge in [0, 0.05) is 79.6 Å². The predicted molar refractivity (Wildman–Crippen MR) is 168 cm³/mol. The van der Waals surface area contributed by atoms with Crippen molar-refractivity contribution in [3.8, 4) is 5.75 Å². The molecule has 1 unspecified atom stereocenters. The minimum absolute atomic E-state index is 0.127. The van der Waals surface area contributed by atoms with E-state index in [4.69, 9.17) is 16.3 Å². The quantitative estimate of drug-likeness (QED) is 0.247. The van der Waals surface area contributed by atoms with Gasteiger partial charge in [0.1, 0.15) is 10.8 Å². The van der Waals surface area contributed by atoms with Gasteiger partial charge in [-0.05, 0) is 50.5 Å². The molecule has 2 aliphatic rings. The van der Waals surface area contributed by atoms with Crippen LogP contribution < -0.4 is 30.3 Å². The van der Waals surface area contributed by atoms with Gasteiger partial charge in [-0.2, -0.15) is 4.98 Å². The smallest absolute Gasteiger partial charge is 0.229 e. The standard InChI is InChI=1S/C29H39ClN8O3S/c1-19-17-38(18-20(2)33-19)22-10-12-37(13-11-22)23-8-9-26(27(14-23)41-3)35-29-31-16-24(30)28(36-29)34-25-7-5-4-6-21(25)15-32-42(39)40/h4-9,14,16,19-20,22,32-33H,10-13,15,17-18H2,1-3H3,(H,39,40)(H2,31,34,35,36)/p-1/t19-,20+. The highest BCUT2D eigenvalue weighted by molar-refractivity contribution is 7.77. The first kappa shape index (κ1) is 30.5. The number of rotatable bonds is 10. The van der Waals surface area contributed by atoms with Gasteiger partial charge in [-0.1, -0.05) is 29.8 Å². The van der Waals surface area contributed by atoms with Crippen LogP contribution in [0.1, 0.15) is 32.3 Å². The van der Waals surface area contributed by atoms with E-state index >= 15 is 0 Å². The van der Waals surface area contributed by atoms with Crippen LogP contribution in [-0.4, -0.2) is 75.0 Å². The Hall–Kier alpha value is -3.00. The van der Waals surface area contributed by atoms with Crippen molar-refractivity contribution in [2.45, 2.75) is 51.4 Å². The van der Waals surface area contributed by atoms with Crippen molar-refractivity contribution >= 4 is 51.7 Å². The first-order chi connectivity index (χ1) is 20.3. The van der Waals surface area contributed by atoms with E-state index in [-0.39, 0.29) is 6.54 Å². The zero-order chi connectivity index (χ0) is 29.6. The molecule has 2 aliphatic heterocycles. The second kappa shape index (κ2) is 14.0. The van der Waals surface area contributed by atoms with Crippen LogP contribution in [0.2, 0.25) is 5.02 Å². The van der Waals surface area contributed by atoms with Gasteiger partial charge in [-0.25, -0.2) is 9.71 Å². The fourth-order valence-electron chi connectivity index (χ4n) is 5.83. The molecule has 13 heteroatoms. The first-order valence-corrected chi connectivity index (χ1v) is 15.6. The molecule has 0 bridgehead atoms. The number of methoxy groups -OCH3 is 1. The number of ether oxygens (including phenoxy) is 1. The van der Waals surface area contributed by atoms with Crippen LogP contribution in [0.3, 0.4) is 0 Å². The highest BCUT2D eigenvalue weighted by Crippen LogP contribution is 2.34. The molecule has 226 valence electrons. The number of nitrogens with one attached hydrogen (secondary N) is 4. The second-order valence-corrected chi connectivity index (χ2v) is 12.0. The molecular formula is C29H38ClN8O3S-. The Labute approximate surface area is 254 Å². The van der Waals surface area contributed by atoms with E-state index in [0.29, 0.717) is 46.4 Å². The lowest BCUT2D eigenvalue weighted by molar-refractivity contribution is 0.107. The molecule has 5 rings (SSSR count). The molecule has 3 aromatic rings. The summed E-state index contributed by atoms with van der Waals surface area (Å²) in [6, 6.07) is 15.1. The summed E-state index contributed by atoms with van der Waals surface area (Å²) in [7, 11) is 1.65. The average Bonchev–Trinajstić information content (AvgIpc) is 2.98. The van der Waals surface area contributed by atoms with E-state index in [2.05, 4.69) is 66.4 Å². The summed E-state index contributed by atoms with van der Waals surface area (Å²) in [5, 5.41) is 10.4. The number of nitrogens with zero attached hydrogens (tertiary/aromatic N) is 4. The van der Waals surface area contributed by atoms with E-state index in [1.54, 1.807) is 7.11 Å². The molecule has 42 heavy (non-hydrogen) atoms. The van der Waals surface area contributed by atoms with Crippen molar-refractivity contribution in [2.75, 3.05) is 48.8 Å². The minimum atomic E-state index is -2.37. The highest BCUT2D eigenvalue weighted by Gasteiger charge is 2.30. The Balaban J connectivity index is 1.25. The summed E-state index contributed by atoms with van der Waals surface area (Å²) in [4.78, 5) is 14.0. The normalized spacial score (nSPS) is 20.7. The van der Waals surface area contributed by atoms with Crippen LogP contribution in [0.25, 0.3) is 0 Å². The van der Waals surface area contributed by atoms with E-state index in [1.807, 2.05) is 30.3 Å². The van der Waals surface area contributed by atoms with Gasteiger partial charge in [-0.3, -0.25) is 9.11 Å². The fraction of sp³-hybridized carbons (Fsp3) is 0.448. The van der Waals surface area contributed by atoms with Crippen LogP contribution in [0, 0.1) is 0 Å². The lowest BCUT2D eigenvalue weighted by Crippen LogP contribution is -2.58. The van der Waals surface area contributed by atoms with Gasteiger partial charge >= 0.3 is 0 Å². The molecule has 0 amide bonds. The first-order valence-electron chi connectivity index (χ1n) is 14.2. The summed E-state index contributed by atoms with van der Waals surface area (Å²) in [5.74, 6) is 1.41. The van der Waals surface area contributed by atoms with Crippen molar-refractivity contribution in [3.05, 3.63) is 59.2 Å². The number of piperidine rings is 1. The van der Waals surface area contributed by atoms with Gasteiger partial charge in [0.2, 0.25) is 5.95 Å². The molecule has 4 N–H and O–H groups in total. The number of benzene rings is 2. The van der Waals surface area contributed by atoms with Crippen LogP contribution >= 0.6 is 11.6 Å². The largest absolute Gasteiger partial charge is 0.760 e. The molecular weight excluding hydrogens is 576 g/mol. The van der Waals surface area contributed by atoms with Crippen LogP contribution in [0.5, 0.6) is 5.75 Å². The third kappa shape index (κ3) is 7.68. The predicted octanol–water partition coefficient (Wildman–Crippen LogP) is 4.16. The molecule has 11 nitrogen and oxygen atoms in total. The lowest BCUT2D eigenvalue weighted by Gasteiger charge is -2.44. The summed E-state index contributed by atoms with van der Waals surface area (Å²) >= 11 is 4.03. The maximum atomic E-state index is 11.0. The van der Waals surface area contributed by atoms with E-state index in [9.17, 15) is 8.76 Å². The molecule has 0 aliphatic carbocycles. The maximum absolute atomic E-state index is 11.0. The van der Waals surface area contributed by atoms with Crippen molar-refractivity contribution in [1.82, 2.24) is 24.9 Å². The maximum Gasteiger partial charge on any atom is 0.229 e. The minimum Gasteiger partial charge on any atom is -0.760 e. The number of hydrogen-bond donors (Lipinski definition) is 4. The lowest BCUT2D eigenvalue weighted by atomic mass is 9.99. The molecule has 0 spiro atoms. The summed E-state index contributed by atoms with van der Waals surface area (Å²) < 4.78 is 30.1. The number of hydrogen-bond acceptors (Lipinski definition) is 10. The fourth-order valence-corrected chi connectivity index (χ4v) is 6.24. The monoisotopic (exact) mass is 613 g/mol. The summed E-state index contributed by atoms with van der Waals surface area (Å²) in [6.07, 6.45) is 3.80. The second-order valence-electron chi connectivity index (χ2n) is 10.9. The number of piperazine rings is 1. The van der Waals surface area contributed by atoms with Crippen molar-refractivity contribution < 1.29 is 13.5 Å². The number of para-hydroxylation sites is 1. The van der Waals surface area contributed by atoms with Crippen LogP contribution in [0.4, 0.5) is 28.8 Å². The van der Waals surface area contributed by atoms with E-state index in [1.165, 1.54) is 6.20 Å². The molecule has 2 saturated heterocycles. The molecule has 2 aromatic carbocycles. The molecule has 3 atom stereocenters. The van der Waals surface area contributed by atoms with Gasteiger partial charge < -0.3 is 30.1 Å². The molecule has 0 radical (unpaired) electrons. The zero-order valence-corrected chi connectivity index (χ0v) is 25.7. The number of anilines is 5. The van der Waals surface area contributed by atoms with Crippen LogP contribution in [-0.2, 0) is 17.8 Å². The van der Waals surface area contributed by atoms with Gasteiger partial charge in [0.05, 0.1) is 19.0 Å². The van der Waals surface area contributed by atoms with Gasteiger partial charge in [-0.15, -0.1) is 0 Å². The van der Waals surface area contributed by atoms with Crippen molar-refractivity contribution in [3.63, 3.8) is 0 Å². The number of halogens is 1. The average molecular weight is 614 g/mol. The molecule has 1 aromatic heterocycles. The molecule has 3 heterocycles. The van der Waals surface area contributed by atoms with E-state index in [0.717, 1.165) is 56.0 Å². The Morgan fingerprint density at radius 2 is 1.83 bits per heavy atom. The zero-order valence-electron chi connectivity index (χ0n) is 24.1. The Morgan fingerprint density at radius 3 is 2.55 bits per heavy atom. The SMILES string of the molecule is COc1cc(N2CCC(N3C[C@@H](C)N[C@@H](C)C3)CC2)ccc1Nc1ncc(Cl)c(Nc2ccccc2CNS(=O)[O-])n1. The Bertz CT molecular complexity index is 1380. The number of aromatic nitrogens is 2. The van der Waals surface area contributed by atoms with Crippen molar-refractivity contribution in [2.24, 2.45) is 0 Å². The van der Waals surface area contributed by atoms with Crippen LogP contribution in [0.15, 0.2) is 48.7 Å². The summed E-state index contributed by atoms with van der Waals surface area (Å²) in [6.45, 7) is 8.90. The van der Waals surface area contributed by atoms with Gasteiger partial charge in [0.15, 0.2) is 5.82 Å². The topological polar surface area (TPSA) is 130 Å². The summed E-state index contributed by atoms with van der Waals surface area (Å²) in [5.41, 5.74) is 3.27. The third-order valence-electron chi connectivity index (χ3n) is 7.76. The molecule has 2 fully saturated rings. The van der Waals surface area contributed by atoms with E-state index < -0.39 is 11.3 Å². The Kier molecular flexibility index (Phi) is 10.1.